The van der Waals surface area contributed by atoms with Crippen LogP contribution in [0.15, 0.2) is 0 Å². The van der Waals surface area contributed by atoms with Gasteiger partial charge in [0.05, 0.1) is 0 Å². The van der Waals surface area contributed by atoms with Gasteiger partial charge in [0.15, 0.2) is 0 Å². The van der Waals surface area contributed by atoms with E-state index in [0.29, 0.717) is 13.2 Å². The Bertz CT molecular complexity index is 121. The molecule has 0 bridgehead atoms. The molecule has 11 heavy (non-hydrogen) atoms. The zero-order chi connectivity index (χ0) is 8.32. The summed E-state index contributed by atoms with van der Waals surface area (Å²) in [6.45, 7) is 3.08. The molecule has 1 saturated heterocycles. The van der Waals surface area contributed by atoms with Gasteiger partial charge in [-0.05, 0) is 25.7 Å². The minimum atomic E-state index is -1.19. The summed E-state index contributed by atoms with van der Waals surface area (Å²) in [6.07, 6.45) is 1.62. The van der Waals surface area contributed by atoms with Crippen LogP contribution in [0, 0.1) is 5.92 Å². The van der Waals surface area contributed by atoms with Crippen molar-refractivity contribution in [2.75, 3.05) is 19.8 Å². The fourth-order valence-corrected chi connectivity index (χ4v) is 1.47. The number of halogens is 1. The van der Waals surface area contributed by atoms with Gasteiger partial charge >= 0.3 is 0 Å². The van der Waals surface area contributed by atoms with Gasteiger partial charge in [-0.25, -0.2) is 4.39 Å². The zero-order valence-electron chi connectivity index (χ0n) is 6.98. The summed E-state index contributed by atoms with van der Waals surface area (Å²) < 4.78 is 18.7. The van der Waals surface area contributed by atoms with Crippen molar-refractivity contribution in [1.82, 2.24) is 0 Å². The first-order valence-electron chi connectivity index (χ1n) is 4.13. The van der Waals surface area contributed by atoms with Gasteiger partial charge in [-0.1, -0.05) is 0 Å². The first-order chi connectivity index (χ1) is 5.17. The number of nitrogens with two attached hydrogens (primary N) is 1. The third-order valence-corrected chi connectivity index (χ3v) is 2.47. The lowest BCUT2D eigenvalue weighted by Crippen LogP contribution is -2.40. The number of ether oxygens (including phenoxy) is 1. The molecule has 0 amide bonds. The maximum absolute atomic E-state index is 13.5. The Morgan fingerprint density at radius 3 is 2.55 bits per heavy atom. The van der Waals surface area contributed by atoms with E-state index in [2.05, 4.69) is 0 Å². The Hall–Kier alpha value is -0.150. The summed E-state index contributed by atoms with van der Waals surface area (Å²) in [7, 11) is 0. The van der Waals surface area contributed by atoms with E-state index in [-0.39, 0.29) is 12.5 Å². The van der Waals surface area contributed by atoms with Gasteiger partial charge in [0, 0.05) is 19.8 Å². The van der Waals surface area contributed by atoms with E-state index in [1.54, 1.807) is 6.92 Å². The van der Waals surface area contributed by atoms with Gasteiger partial charge in [-0.2, -0.15) is 0 Å². The van der Waals surface area contributed by atoms with Crippen LogP contribution in [0.3, 0.4) is 0 Å². The monoisotopic (exact) mass is 161 g/mol. The number of hydrogen-bond acceptors (Lipinski definition) is 2. The summed E-state index contributed by atoms with van der Waals surface area (Å²) in [5.41, 5.74) is 4.13. The van der Waals surface area contributed by atoms with Crippen LogP contribution >= 0.6 is 0 Å². The largest absolute Gasteiger partial charge is 0.381 e. The van der Waals surface area contributed by atoms with Crippen LogP contribution in [0.5, 0.6) is 0 Å². The molecule has 1 aliphatic rings. The molecular weight excluding hydrogens is 145 g/mol. The smallest absolute Gasteiger partial charge is 0.123 e. The van der Waals surface area contributed by atoms with Crippen molar-refractivity contribution < 1.29 is 9.13 Å². The van der Waals surface area contributed by atoms with Gasteiger partial charge in [0.1, 0.15) is 5.67 Å². The SMILES string of the molecule is CC(F)(CN)C1CCOCC1. The molecule has 2 N–H and O–H groups in total. The van der Waals surface area contributed by atoms with Crippen LogP contribution in [-0.2, 0) is 4.74 Å². The van der Waals surface area contributed by atoms with E-state index < -0.39 is 5.67 Å². The van der Waals surface area contributed by atoms with E-state index in [9.17, 15) is 4.39 Å². The molecular formula is C8H16FNO. The highest BCUT2D eigenvalue weighted by Gasteiger charge is 2.33. The van der Waals surface area contributed by atoms with Gasteiger partial charge < -0.3 is 10.5 Å². The molecule has 0 aromatic heterocycles. The molecule has 1 heterocycles. The lowest BCUT2D eigenvalue weighted by Gasteiger charge is -2.32. The predicted octanol–water partition coefficient (Wildman–Crippen LogP) is 1.10. The maximum Gasteiger partial charge on any atom is 0.123 e. The molecule has 1 atom stereocenters. The minimum absolute atomic E-state index is 0.0984. The molecule has 3 heteroatoms. The lowest BCUT2D eigenvalue weighted by molar-refractivity contribution is 0.00162. The molecule has 1 aliphatic heterocycles. The lowest BCUT2D eigenvalue weighted by atomic mass is 9.85. The minimum Gasteiger partial charge on any atom is -0.381 e. The molecule has 1 fully saturated rings. The first kappa shape index (κ1) is 8.94. The van der Waals surface area contributed by atoms with Crippen LogP contribution in [-0.4, -0.2) is 25.4 Å². The standard InChI is InChI=1S/C8H16FNO/c1-8(9,6-10)7-2-4-11-5-3-7/h7H,2-6,10H2,1H3. The predicted molar refractivity (Wildman–Crippen MR) is 42.1 cm³/mol. The third-order valence-electron chi connectivity index (χ3n) is 2.47. The van der Waals surface area contributed by atoms with Gasteiger partial charge in [0.2, 0.25) is 0 Å². The second kappa shape index (κ2) is 3.50. The second-order valence-electron chi connectivity index (χ2n) is 3.37. The van der Waals surface area contributed by atoms with Gasteiger partial charge in [-0.15, -0.1) is 0 Å². The molecule has 0 aromatic carbocycles. The molecule has 0 radical (unpaired) electrons. The molecule has 0 aromatic rings. The third kappa shape index (κ3) is 2.14. The van der Waals surface area contributed by atoms with Crippen LogP contribution in [0.25, 0.3) is 0 Å². The van der Waals surface area contributed by atoms with Crippen LogP contribution in [0.4, 0.5) is 4.39 Å². The van der Waals surface area contributed by atoms with Crippen LogP contribution < -0.4 is 5.73 Å². The van der Waals surface area contributed by atoms with Crippen molar-refractivity contribution in [2.24, 2.45) is 11.7 Å². The Labute approximate surface area is 66.9 Å². The van der Waals surface area contributed by atoms with Gasteiger partial charge in [0.25, 0.3) is 0 Å². The summed E-state index contributed by atoms with van der Waals surface area (Å²) >= 11 is 0. The van der Waals surface area contributed by atoms with E-state index in [1.807, 2.05) is 0 Å². The van der Waals surface area contributed by atoms with Crippen molar-refractivity contribution in [3.05, 3.63) is 0 Å². The van der Waals surface area contributed by atoms with E-state index in [0.717, 1.165) is 12.8 Å². The summed E-state index contributed by atoms with van der Waals surface area (Å²) in [6, 6.07) is 0. The van der Waals surface area contributed by atoms with Crippen molar-refractivity contribution in [3.8, 4) is 0 Å². The fraction of sp³-hybridized carbons (Fsp3) is 1.00. The highest BCUT2D eigenvalue weighted by atomic mass is 19.1. The zero-order valence-corrected chi connectivity index (χ0v) is 6.98. The Kier molecular flexibility index (Phi) is 2.84. The van der Waals surface area contributed by atoms with Crippen molar-refractivity contribution in [2.45, 2.75) is 25.4 Å². The summed E-state index contributed by atoms with van der Waals surface area (Å²) in [5, 5.41) is 0. The number of alkyl halides is 1. The normalized spacial score (nSPS) is 26.5. The quantitative estimate of drug-likeness (QED) is 0.658. The van der Waals surface area contributed by atoms with Crippen LogP contribution in [0.2, 0.25) is 0 Å². The number of hydrogen-bond donors (Lipinski definition) is 1. The molecule has 2 nitrogen and oxygen atoms in total. The van der Waals surface area contributed by atoms with Gasteiger partial charge in [-0.3, -0.25) is 0 Å². The Balaban J connectivity index is 2.43. The molecule has 0 saturated carbocycles. The van der Waals surface area contributed by atoms with E-state index in [4.69, 9.17) is 10.5 Å². The van der Waals surface area contributed by atoms with E-state index in [1.165, 1.54) is 0 Å². The highest BCUT2D eigenvalue weighted by molar-refractivity contribution is 4.84. The molecule has 66 valence electrons. The Morgan fingerprint density at radius 1 is 1.55 bits per heavy atom. The molecule has 1 unspecified atom stereocenters. The Morgan fingerprint density at radius 2 is 2.09 bits per heavy atom. The second-order valence-corrected chi connectivity index (χ2v) is 3.37. The topological polar surface area (TPSA) is 35.2 Å². The molecule has 1 rings (SSSR count). The molecule has 0 spiro atoms. The summed E-state index contributed by atoms with van der Waals surface area (Å²) in [5.74, 6) is 0.0984. The number of rotatable bonds is 2. The highest BCUT2D eigenvalue weighted by Crippen LogP contribution is 2.29. The average Bonchev–Trinajstić information content (AvgIpc) is 2.06. The molecule has 0 aliphatic carbocycles. The summed E-state index contributed by atoms with van der Waals surface area (Å²) in [4.78, 5) is 0. The van der Waals surface area contributed by atoms with Crippen molar-refractivity contribution >= 4 is 0 Å². The maximum atomic E-state index is 13.5. The van der Waals surface area contributed by atoms with Crippen molar-refractivity contribution in [1.29, 1.82) is 0 Å². The van der Waals surface area contributed by atoms with Crippen molar-refractivity contribution in [3.63, 3.8) is 0 Å². The van der Waals surface area contributed by atoms with E-state index >= 15 is 0 Å². The first-order valence-corrected chi connectivity index (χ1v) is 4.13. The van der Waals surface area contributed by atoms with Crippen LogP contribution in [0.1, 0.15) is 19.8 Å². The fourth-order valence-electron chi connectivity index (χ4n) is 1.47. The average molecular weight is 161 g/mol.